The third-order valence-corrected chi connectivity index (χ3v) is 5.39. The van der Waals surface area contributed by atoms with Crippen molar-refractivity contribution in [2.24, 2.45) is 5.41 Å². The molecule has 122 valence electrons. The van der Waals surface area contributed by atoms with Crippen molar-refractivity contribution in [3.05, 3.63) is 64.7 Å². The summed E-state index contributed by atoms with van der Waals surface area (Å²) in [7, 11) is 0. The Balaban J connectivity index is 2.49. The molecule has 0 saturated heterocycles. The molecule has 0 fully saturated rings. The van der Waals surface area contributed by atoms with Gasteiger partial charge in [-0.15, -0.1) is 11.8 Å². The van der Waals surface area contributed by atoms with Gasteiger partial charge in [0.2, 0.25) is 0 Å². The van der Waals surface area contributed by atoms with E-state index < -0.39 is 28.3 Å². The first kappa shape index (κ1) is 17.8. The highest BCUT2D eigenvalue weighted by molar-refractivity contribution is 7.99. The standard InChI is InChI=1S/C17H15ClF2O2S/c1-17(2,16(21)22)15(13-9-11(19)5-8-14(13)20)23-12-6-3-10(18)4-7-12/h3-9,15H,1-2H3,(H,21,22). The van der Waals surface area contributed by atoms with Gasteiger partial charge in [0, 0.05) is 15.5 Å². The Hall–Kier alpha value is -1.59. The van der Waals surface area contributed by atoms with Crippen molar-refractivity contribution < 1.29 is 18.7 Å². The number of thioether (sulfide) groups is 1. The molecule has 0 aromatic heterocycles. The maximum absolute atomic E-state index is 14.2. The van der Waals surface area contributed by atoms with E-state index in [-0.39, 0.29) is 5.56 Å². The normalized spacial score (nSPS) is 12.9. The predicted octanol–water partition coefficient (Wildman–Crippen LogP) is 5.56. The fourth-order valence-corrected chi connectivity index (χ4v) is 3.47. The van der Waals surface area contributed by atoms with Crippen LogP contribution in [0.2, 0.25) is 5.02 Å². The highest BCUT2D eigenvalue weighted by Crippen LogP contribution is 2.48. The van der Waals surface area contributed by atoms with Crippen LogP contribution in [0, 0.1) is 17.0 Å². The second kappa shape index (κ2) is 6.89. The van der Waals surface area contributed by atoms with Gasteiger partial charge in [-0.25, -0.2) is 8.78 Å². The van der Waals surface area contributed by atoms with Gasteiger partial charge in [0.05, 0.1) is 10.7 Å². The van der Waals surface area contributed by atoms with Crippen LogP contribution in [0.5, 0.6) is 0 Å². The second-order valence-electron chi connectivity index (χ2n) is 5.64. The van der Waals surface area contributed by atoms with Gasteiger partial charge >= 0.3 is 5.97 Å². The lowest BCUT2D eigenvalue weighted by Gasteiger charge is -2.30. The molecule has 0 aliphatic carbocycles. The minimum atomic E-state index is -1.31. The zero-order valence-corrected chi connectivity index (χ0v) is 14.1. The van der Waals surface area contributed by atoms with Crippen molar-refractivity contribution in [2.75, 3.05) is 0 Å². The van der Waals surface area contributed by atoms with E-state index in [1.807, 2.05) is 0 Å². The van der Waals surface area contributed by atoms with Crippen molar-refractivity contribution in [3.8, 4) is 0 Å². The Kier molecular flexibility index (Phi) is 5.32. The lowest BCUT2D eigenvalue weighted by Crippen LogP contribution is -2.30. The zero-order chi connectivity index (χ0) is 17.2. The number of rotatable bonds is 5. The number of benzene rings is 2. The van der Waals surface area contributed by atoms with E-state index in [9.17, 15) is 18.7 Å². The largest absolute Gasteiger partial charge is 0.481 e. The van der Waals surface area contributed by atoms with Crippen molar-refractivity contribution in [1.29, 1.82) is 0 Å². The lowest BCUT2D eigenvalue weighted by molar-refractivity contribution is -0.147. The summed E-state index contributed by atoms with van der Waals surface area (Å²) in [5.41, 5.74) is -1.28. The first-order valence-corrected chi connectivity index (χ1v) is 8.08. The number of halogens is 3. The first-order valence-electron chi connectivity index (χ1n) is 6.82. The summed E-state index contributed by atoms with van der Waals surface area (Å²) in [6.07, 6.45) is 0. The lowest BCUT2D eigenvalue weighted by atomic mass is 9.85. The predicted molar refractivity (Wildman–Crippen MR) is 87.8 cm³/mol. The molecular weight excluding hydrogens is 342 g/mol. The Morgan fingerprint density at radius 2 is 1.78 bits per heavy atom. The van der Waals surface area contributed by atoms with Crippen LogP contribution >= 0.6 is 23.4 Å². The summed E-state index contributed by atoms with van der Waals surface area (Å²) in [5.74, 6) is -2.33. The SMILES string of the molecule is CC(C)(C(=O)O)C(Sc1ccc(Cl)cc1)c1cc(F)ccc1F. The van der Waals surface area contributed by atoms with Crippen molar-refractivity contribution >= 4 is 29.3 Å². The van der Waals surface area contributed by atoms with Crippen LogP contribution in [0.4, 0.5) is 8.78 Å². The summed E-state index contributed by atoms with van der Waals surface area (Å²) in [6.45, 7) is 2.99. The van der Waals surface area contributed by atoms with E-state index in [4.69, 9.17) is 11.6 Å². The third-order valence-electron chi connectivity index (χ3n) is 3.51. The second-order valence-corrected chi connectivity index (χ2v) is 7.26. The molecule has 0 bridgehead atoms. The number of hydrogen-bond acceptors (Lipinski definition) is 2. The maximum atomic E-state index is 14.2. The number of hydrogen-bond donors (Lipinski definition) is 1. The summed E-state index contributed by atoms with van der Waals surface area (Å²) < 4.78 is 27.7. The molecular formula is C17H15ClF2O2S. The van der Waals surface area contributed by atoms with Crippen LogP contribution in [0.3, 0.4) is 0 Å². The van der Waals surface area contributed by atoms with Crippen molar-refractivity contribution in [2.45, 2.75) is 24.0 Å². The Morgan fingerprint density at radius 3 is 2.35 bits per heavy atom. The first-order chi connectivity index (χ1) is 10.7. The van der Waals surface area contributed by atoms with E-state index in [1.165, 1.54) is 13.8 Å². The molecule has 0 heterocycles. The van der Waals surface area contributed by atoms with E-state index >= 15 is 0 Å². The minimum absolute atomic E-state index is 0.0253. The van der Waals surface area contributed by atoms with Gasteiger partial charge < -0.3 is 5.11 Å². The van der Waals surface area contributed by atoms with Crippen LogP contribution in [0.25, 0.3) is 0 Å². The molecule has 1 atom stereocenters. The maximum Gasteiger partial charge on any atom is 0.310 e. The average molecular weight is 357 g/mol. The van der Waals surface area contributed by atoms with E-state index in [0.717, 1.165) is 34.9 Å². The molecule has 0 amide bonds. The van der Waals surface area contributed by atoms with Crippen LogP contribution in [0.1, 0.15) is 24.7 Å². The fourth-order valence-electron chi connectivity index (χ4n) is 2.08. The van der Waals surface area contributed by atoms with Crippen LogP contribution in [-0.2, 0) is 4.79 Å². The molecule has 2 nitrogen and oxygen atoms in total. The molecule has 2 aromatic rings. The van der Waals surface area contributed by atoms with Gasteiger partial charge in [-0.05, 0) is 56.3 Å². The smallest absolute Gasteiger partial charge is 0.310 e. The molecule has 1 N–H and O–H groups in total. The van der Waals surface area contributed by atoms with E-state index in [1.54, 1.807) is 24.3 Å². The minimum Gasteiger partial charge on any atom is -0.481 e. The van der Waals surface area contributed by atoms with Crippen molar-refractivity contribution in [1.82, 2.24) is 0 Å². The van der Waals surface area contributed by atoms with E-state index in [0.29, 0.717) is 5.02 Å². The number of carboxylic acids is 1. The molecule has 0 spiro atoms. The van der Waals surface area contributed by atoms with Gasteiger partial charge in [0.15, 0.2) is 0 Å². The molecule has 0 saturated carbocycles. The van der Waals surface area contributed by atoms with Gasteiger partial charge in [-0.3, -0.25) is 4.79 Å². The van der Waals surface area contributed by atoms with Crippen LogP contribution in [-0.4, -0.2) is 11.1 Å². The van der Waals surface area contributed by atoms with Crippen molar-refractivity contribution in [3.63, 3.8) is 0 Å². The molecule has 0 aliphatic rings. The Morgan fingerprint density at radius 1 is 1.17 bits per heavy atom. The Labute approximate surface area is 142 Å². The highest BCUT2D eigenvalue weighted by atomic mass is 35.5. The molecule has 2 aromatic carbocycles. The average Bonchev–Trinajstić information content (AvgIpc) is 2.49. The summed E-state index contributed by atoms with van der Waals surface area (Å²) >= 11 is 7.00. The topological polar surface area (TPSA) is 37.3 Å². The number of aliphatic carboxylic acids is 1. The molecule has 1 unspecified atom stereocenters. The summed E-state index contributed by atoms with van der Waals surface area (Å²) in [6, 6.07) is 9.83. The molecule has 2 rings (SSSR count). The van der Waals surface area contributed by atoms with E-state index in [2.05, 4.69) is 0 Å². The molecule has 0 aliphatic heterocycles. The van der Waals surface area contributed by atoms with Gasteiger partial charge in [0.1, 0.15) is 11.6 Å². The van der Waals surface area contributed by atoms with Crippen LogP contribution < -0.4 is 0 Å². The summed E-state index contributed by atoms with van der Waals surface area (Å²) in [4.78, 5) is 12.3. The monoisotopic (exact) mass is 356 g/mol. The van der Waals surface area contributed by atoms with Gasteiger partial charge in [-0.2, -0.15) is 0 Å². The third kappa shape index (κ3) is 4.03. The molecule has 23 heavy (non-hydrogen) atoms. The van der Waals surface area contributed by atoms with Gasteiger partial charge in [-0.1, -0.05) is 11.6 Å². The fraction of sp³-hybridized carbons (Fsp3) is 0.235. The Bertz CT molecular complexity index is 717. The molecule has 0 radical (unpaired) electrons. The van der Waals surface area contributed by atoms with Gasteiger partial charge in [0.25, 0.3) is 0 Å². The quantitative estimate of drug-likeness (QED) is 0.712. The zero-order valence-electron chi connectivity index (χ0n) is 12.5. The van der Waals surface area contributed by atoms with Crippen LogP contribution in [0.15, 0.2) is 47.4 Å². The summed E-state index contributed by atoms with van der Waals surface area (Å²) in [5, 5.41) is 9.24. The molecule has 6 heteroatoms. The number of carboxylic acid groups (broad SMARTS) is 1. The highest BCUT2D eigenvalue weighted by Gasteiger charge is 2.40. The number of carbonyl (C=O) groups is 1.